The summed E-state index contributed by atoms with van der Waals surface area (Å²) in [5.74, 6) is 1.83. The zero-order chi connectivity index (χ0) is 21.3. The third-order valence-corrected chi connectivity index (χ3v) is 5.97. The Kier molecular flexibility index (Phi) is 5.67. The van der Waals surface area contributed by atoms with Crippen LogP contribution in [0.3, 0.4) is 0 Å². The Balaban J connectivity index is 1.38. The molecule has 0 N–H and O–H groups in total. The van der Waals surface area contributed by atoms with Crippen LogP contribution in [0.2, 0.25) is 0 Å². The molecule has 1 unspecified atom stereocenters. The van der Waals surface area contributed by atoms with Crippen molar-refractivity contribution in [3.8, 4) is 0 Å². The molecule has 0 spiro atoms. The van der Waals surface area contributed by atoms with Gasteiger partial charge in [0.1, 0.15) is 11.6 Å². The highest BCUT2D eigenvalue weighted by atomic mass is 16.2. The number of likely N-dealkylation sites (N-methyl/N-ethyl adjacent to an activating group) is 1. The van der Waals surface area contributed by atoms with Crippen molar-refractivity contribution in [3.63, 3.8) is 0 Å². The minimum atomic E-state index is 0.0582. The average Bonchev–Trinajstić information content (AvgIpc) is 3.14. The molecule has 8 nitrogen and oxygen atoms in total. The van der Waals surface area contributed by atoms with E-state index in [2.05, 4.69) is 43.9 Å². The van der Waals surface area contributed by atoms with Crippen molar-refractivity contribution in [1.29, 1.82) is 0 Å². The van der Waals surface area contributed by atoms with E-state index in [0.717, 1.165) is 54.4 Å². The number of hydrogen-bond acceptors (Lipinski definition) is 6. The first-order chi connectivity index (χ1) is 14.4. The number of benzene rings is 1. The van der Waals surface area contributed by atoms with Crippen LogP contribution in [0.1, 0.15) is 24.4 Å². The highest BCUT2D eigenvalue weighted by molar-refractivity contribution is 5.87. The summed E-state index contributed by atoms with van der Waals surface area (Å²) in [6.07, 6.45) is 1.83. The number of fused-ring (bicyclic) bond motifs is 1. The quantitative estimate of drug-likeness (QED) is 0.644. The Hall–Kier alpha value is -3.00. The maximum absolute atomic E-state index is 12.8. The predicted octanol–water partition coefficient (Wildman–Crippen LogP) is 2.01. The second-order valence-corrected chi connectivity index (χ2v) is 7.95. The van der Waals surface area contributed by atoms with Crippen molar-refractivity contribution in [2.45, 2.75) is 19.9 Å². The Labute approximate surface area is 177 Å². The van der Waals surface area contributed by atoms with Gasteiger partial charge >= 0.3 is 0 Å². The summed E-state index contributed by atoms with van der Waals surface area (Å²) >= 11 is 0. The fraction of sp³-hybridized carbons (Fsp3) is 0.455. The smallest absolute Gasteiger partial charge is 0.236 e. The van der Waals surface area contributed by atoms with Crippen molar-refractivity contribution in [2.75, 3.05) is 44.7 Å². The lowest BCUT2D eigenvalue weighted by atomic mass is 10.1. The lowest BCUT2D eigenvalue weighted by Crippen LogP contribution is -2.50. The largest absolute Gasteiger partial charge is 0.353 e. The van der Waals surface area contributed by atoms with Gasteiger partial charge in [-0.1, -0.05) is 30.3 Å². The number of carbonyl (C=O) groups is 1. The first-order valence-corrected chi connectivity index (χ1v) is 10.4. The number of carbonyl (C=O) groups excluding carboxylic acids is 1. The zero-order valence-corrected chi connectivity index (χ0v) is 18.1. The van der Waals surface area contributed by atoms with Crippen molar-refractivity contribution >= 4 is 22.8 Å². The van der Waals surface area contributed by atoms with Gasteiger partial charge in [0.25, 0.3) is 0 Å². The lowest BCUT2D eigenvalue weighted by molar-refractivity contribution is -0.133. The Morgan fingerprint density at radius 1 is 1.13 bits per heavy atom. The third kappa shape index (κ3) is 4.00. The molecule has 1 aliphatic rings. The summed E-state index contributed by atoms with van der Waals surface area (Å²) in [6.45, 7) is 7.72. The van der Waals surface area contributed by atoms with E-state index < -0.39 is 0 Å². The van der Waals surface area contributed by atoms with E-state index in [-0.39, 0.29) is 11.9 Å². The predicted molar refractivity (Wildman–Crippen MR) is 117 cm³/mol. The topological polar surface area (TPSA) is 70.4 Å². The van der Waals surface area contributed by atoms with E-state index >= 15 is 0 Å². The number of anilines is 1. The van der Waals surface area contributed by atoms with Crippen molar-refractivity contribution in [3.05, 3.63) is 47.9 Å². The number of aryl methyl sites for hydroxylation is 2. The molecule has 1 aliphatic heterocycles. The summed E-state index contributed by atoms with van der Waals surface area (Å²) in [5.41, 5.74) is 2.00. The molecular weight excluding hydrogens is 378 g/mol. The van der Waals surface area contributed by atoms with Crippen molar-refractivity contribution in [2.24, 2.45) is 7.05 Å². The minimum absolute atomic E-state index is 0.0582. The summed E-state index contributed by atoms with van der Waals surface area (Å²) < 4.78 is 1.78. The second kappa shape index (κ2) is 8.39. The maximum Gasteiger partial charge on any atom is 0.236 e. The minimum Gasteiger partial charge on any atom is -0.353 e. The van der Waals surface area contributed by atoms with Crippen LogP contribution in [-0.4, -0.2) is 75.2 Å². The molecule has 0 aliphatic carbocycles. The van der Waals surface area contributed by atoms with Gasteiger partial charge in [0.05, 0.1) is 24.2 Å². The molecule has 4 rings (SSSR count). The van der Waals surface area contributed by atoms with Crippen LogP contribution in [0.5, 0.6) is 0 Å². The third-order valence-electron chi connectivity index (χ3n) is 5.97. The normalized spacial score (nSPS) is 16.1. The molecular formula is C22H29N7O. The van der Waals surface area contributed by atoms with Gasteiger partial charge in [-0.15, -0.1) is 0 Å². The molecule has 0 bridgehead atoms. The van der Waals surface area contributed by atoms with Crippen molar-refractivity contribution < 1.29 is 4.79 Å². The highest BCUT2D eigenvalue weighted by Gasteiger charge is 2.25. The number of nitrogens with zero attached hydrogens (tertiary/aromatic N) is 7. The van der Waals surface area contributed by atoms with Gasteiger partial charge in [0.15, 0.2) is 5.65 Å². The van der Waals surface area contributed by atoms with E-state index in [0.29, 0.717) is 6.54 Å². The van der Waals surface area contributed by atoms with E-state index in [9.17, 15) is 4.79 Å². The van der Waals surface area contributed by atoms with Crippen LogP contribution < -0.4 is 4.90 Å². The molecule has 1 amide bonds. The molecule has 8 heteroatoms. The molecule has 0 saturated carbocycles. The monoisotopic (exact) mass is 407 g/mol. The van der Waals surface area contributed by atoms with Gasteiger partial charge in [-0.2, -0.15) is 5.10 Å². The Bertz CT molecular complexity index is 1020. The van der Waals surface area contributed by atoms with Crippen LogP contribution in [0, 0.1) is 6.92 Å². The molecule has 1 atom stereocenters. The molecule has 3 aromatic rings. The number of aromatic nitrogens is 4. The second-order valence-electron chi connectivity index (χ2n) is 7.95. The molecule has 2 aromatic heterocycles. The van der Waals surface area contributed by atoms with Crippen LogP contribution in [0.4, 0.5) is 5.82 Å². The van der Waals surface area contributed by atoms with E-state index in [4.69, 9.17) is 0 Å². The Morgan fingerprint density at radius 3 is 2.53 bits per heavy atom. The Morgan fingerprint density at radius 2 is 1.83 bits per heavy atom. The number of amides is 1. The SMILES string of the molecule is Cc1nc(N2CCN(CC(=O)N(C)C(C)c3ccccc3)CC2)c2cnn(C)c2n1. The van der Waals surface area contributed by atoms with Gasteiger partial charge in [-0.25, -0.2) is 9.97 Å². The summed E-state index contributed by atoms with van der Waals surface area (Å²) in [6, 6.07) is 10.2. The fourth-order valence-corrected chi connectivity index (χ4v) is 3.95. The van der Waals surface area contributed by atoms with Crippen LogP contribution in [0.25, 0.3) is 11.0 Å². The van der Waals surface area contributed by atoms with E-state index in [1.54, 1.807) is 4.68 Å². The highest BCUT2D eigenvalue weighted by Crippen LogP contribution is 2.24. The summed E-state index contributed by atoms with van der Waals surface area (Å²) in [4.78, 5) is 28.4. The molecule has 30 heavy (non-hydrogen) atoms. The fourth-order valence-electron chi connectivity index (χ4n) is 3.95. The van der Waals surface area contributed by atoms with Gasteiger partial charge in [-0.05, 0) is 19.4 Å². The van der Waals surface area contributed by atoms with E-state index in [1.165, 1.54) is 0 Å². The molecule has 0 radical (unpaired) electrons. The van der Waals surface area contributed by atoms with Crippen LogP contribution in [-0.2, 0) is 11.8 Å². The number of rotatable bonds is 5. The average molecular weight is 408 g/mol. The lowest BCUT2D eigenvalue weighted by Gasteiger charge is -2.36. The van der Waals surface area contributed by atoms with Gasteiger partial charge in [0, 0.05) is 40.3 Å². The molecule has 3 heterocycles. The van der Waals surface area contributed by atoms with Gasteiger partial charge in [-0.3, -0.25) is 14.4 Å². The van der Waals surface area contributed by atoms with Gasteiger partial charge in [0.2, 0.25) is 5.91 Å². The van der Waals surface area contributed by atoms with Gasteiger partial charge < -0.3 is 9.80 Å². The zero-order valence-electron chi connectivity index (χ0n) is 18.1. The summed E-state index contributed by atoms with van der Waals surface area (Å²) in [5, 5.41) is 5.31. The molecule has 1 saturated heterocycles. The molecule has 158 valence electrons. The molecule has 1 fully saturated rings. The van der Waals surface area contributed by atoms with Crippen LogP contribution >= 0.6 is 0 Å². The first-order valence-electron chi connectivity index (χ1n) is 10.4. The van der Waals surface area contributed by atoms with Crippen LogP contribution in [0.15, 0.2) is 36.5 Å². The summed E-state index contributed by atoms with van der Waals surface area (Å²) in [7, 11) is 3.79. The number of piperazine rings is 1. The van der Waals surface area contributed by atoms with Crippen molar-refractivity contribution in [1.82, 2.24) is 29.5 Å². The number of hydrogen-bond donors (Lipinski definition) is 0. The maximum atomic E-state index is 12.8. The molecule has 1 aromatic carbocycles. The van der Waals surface area contributed by atoms with E-state index in [1.807, 2.05) is 50.3 Å². The first kappa shape index (κ1) is 20.3. The standard InChI is InChI=1S/C22H29N7O/c1-16(18-8-6-5-7-9-18)26(3)20(30)15-28-10-12-29(13-11-28)22-19-14-23-27(4)21(19)24-17(2)25-22/h5-9,14,16H,10-13,15H2,1-4H3.